The second-order valence-corrected chi connectivity index (χ2v) is 4.21. The summed E-state index contributed by atoms with van der Waals surface area (Å²) in [5, 5.41) is 10.0. The van der Waals surface area contributed by atoms with Gasteiger partial charge in [0.05, 0.1) is 0 Å². The van der Waals surface area contributed by atoms with Crippen LogP contribution in [0.4, 0.5) is 5.69 Å². The van der Waals surface area contributed by atoms with E-state index in [4.69, 9.17) is 0 Å². The number of hydrogen-bond donors (Lipinski definition) is 2. The van der Waals surface area contributed by atoms with Crippen molar-refractivity contribution in [2.45, 2.75) is 13.0 Å². The molecule has 2 N–H and O–H groups in total. The fourth-order valence-electron chi connectivity index (χ4n) is 1.77. The normalized spacial score (nSPS) is 10.2. The van der Waals surface area contributed by atoms with Crippen molar-refractivity contribution in [2.24, 2.45) is 0 Å². The van der Waals surface area contributed by atoms with Crippen LogP contribution in [0.1, 0.15) is 16.8 Å². The number of amides is 1. The maximum atomic E-state index is 11.9. The highest BCUT2D eigenvalue weighted by molar-refractivity contribution is 5.94. The van der Waals surface area contributed by atoms with Crippen molar-refractivity contribution in [3.63, 3.8) is 0 Å². The van der Waals surface area contributed by atoms with Crippen LogP contribution < -0.4 is 10.6 Å². The third-order valence-corrected chi connectivity index (χ3v) is 2.84. The Morgan fingerprint density at radius 2 is 2.11 bits per heavy atom. The molecule has 0 unspecified atom stereocenters. The Bertz CT molecular complexity index is 505. The minimum Gasteiger partial charge on any atom is -0.388 e. The van der Waals surface area contributed by atoms with Gasteiger partial charge in [0.15, 0.2) is 0 Å². The lowest BCUT2D eigenvalue weighted by Crippen LogP contribution is -2.25. The van der Waals surface area contributed by atoms with E-state index < -0.39 is 0 Å². The first-order valence-electron chi connectivity index (χ1n) is 6.33. The van der Waals surface area contributed by atoms with Crippen molar-refractivity contribution >= 4 is 11.6 Å². The van der Waals surface area contributed by atoms with Crippen molar-refractivity contribution in [3.8, 4) is 0 Å². The minimum absolute atomic E-state index is 0.0388. The number of aromatic nitrogens is 2. The van der Waals surface area contributed by atoms with E-state index in [1.54, 1.807) is 6.20 Å². The van der Waals surface area contributed by atoms with Gasteiger partial charge in [0, 0.05) is 43.8 Å². The molecule has 1 aromatic carbocycles. The molecule has 0 saturated carbocycles. The summed E-state index contributed by atoms with van der Waals surface area (Å²) in [5.41, 5.74) is 1.67. The fraction of sp³-hybridized carbons (Fsp3) is 0.286. The van der Waals surface area contributed by atoms with E-state index in [2.05, 4.69) is 15.7 Å². The summed E-state index contributed by atoms with van der Waals surface area (Å²) in [6.07, 6.45) is 4.53. The number of hydrogen-bond acceptors (Lipinski definition) is 3. The number of benzene rings is 1. The first-order chi connectivity index (χ1) is 9.29. The molecule has 0 bridgehead atoms. The zero-order valence-corrected chi connectivity index (χ0v) is 11.0. The maximum absolute atomic E-state index is 11.9. The van der Waals surface area contributed by atoms with Gasteiger partial charge in [-0.2, -0.15) is 5.10 Å². The van der Waals surface area contributed by atoms with E-state index in [-0.39, 0.29) is 5.91 Å². The summed E-state index contributed by atoms with van der Waals surface area (Å²) in [6, 6.07) is 9.29. The van der Waals surface area contributed by atoms with Crippen molar-refractivity contribution in [1.82, 2.24) is 15.1 Å². The molecule has 1 heterocycles. The van der Waals surface area contributed by atoms with Crippen molar-refractivity contribution in [2.75, 3.05) is 18.9 Å². The second-order valence-electron chi connectivity index (χ2n) is 4.21. The van der Waals surface area contributed by atoms with Crippen LogP contribution in [0.15, 0.2) is 42.7 Å². The smallest absolute Gasteiger partial charge is 0.251 e. The van der Waals surface area contributed by atoms with Crippen LogP contribution in [0, 0.1) is 0 Å². The summed E-state index contributed by atoms with van der Waals surface area (Å²) in [5.74, 6) is -0.0388. The monoisotopic (exact) mass is 258 g/mol. The van der Waals surface area contributed by atoms with E-state index in [1.165, 1.54) is 0 Å². The van der Waals surface area contributed by atoms with Gasteiger partial charge in [-0.3, -0.25) is 9.48 Å². The van der Waals surface area contributed by atoms with E-state index >= 15 is 0 Å². The highest BCUT2D eigenvalue weighted by Gasteiger charge is 2.04. The second kappa shape index (κ2) is 6.58. The van der Waals surface area contributed by atoms with E-state index in [0.29, 0.717) is 12.1 Å². The van der Waals surface area contributed by atoms with E-state index in [0.717, 1.165) is 18.7 Å². The number of nitrogens with zero attached hydrogens (tertiary/aromatic N) is 2. The number of rotatable bonds is 6. The predicted molar refractivity (Wildman–Crippen MR) is 75.2 cm³/mol. The Balaban J connectivity index is 1.74. The lowest BCUT2D eigenvalue weighted by molar-refractivity contribution is 0.0952. The summed E-state index contributed by atoms with van der Waals surface area (Å²) in [7, 11) is 1.85. The number of nitrogens with one attached hydrogen (secondary N) is 2. The van der Waals surface area contributed by atoms with Gasteiger partial charge in [-0.15, -0.1) is 0 Å². The molecule has 0 aliphatic carbocycles. The van der Waals surface area contributed by atoms with Gasteiger partial charge >= 0.3 is 0 Å². The molecule has 0 aliphatic rings. The van der Waals surface area contributed by atoms with Gasteiger partial charge in [-0.05, 0) is 36.8 Å². The molecule has 0 aliphatic heterocycles. The Morgan fingerprint density at radius 3 is 2.74 bits per heavy atom. The van der Waals surface area contributed by atoms with Crippen LogP contribution >= 0.6 is 0 Å². The molecule has 5 heteroatoms. The predicted octanol–water partition coefficient (Wildman–Crippen LogP) is 1.74. The van der Waals surface area contributed by atoms with Gasteiger partial charge < -0.3 is 10.6 Å². The first kappa shape index (κ1) is 13.1. The minimum atomic E-state index is -0.0388. The molecule has 1 aromatic heterocycles. The standard InChI is InChI=1S/C14H18N4O/c1-15-13-6-4-12(5-7-13)14(19)16-8-2-10-18-11-3-9-17-18/h3-7,9,11,15H,2,8,10H2,1H3,(H,16,19). The molecule has 0 atom stereocenters. The molecule has 2 aromatic rings. The van der Waals surface area contributed by atoms with Crippen LogP contribution in [0.25, 0.3) is 0 Å². The van der Waals surface area contributed by atoms with Crippen molar-refractivity contribution in [3.05, 3.63) is 48.3 Å². The number of carbonyl (C=O) groups excluding carboxylic acids is 1. The molecule has 0 saturated heterocycles. The Morgan fingerprint density at radius 1 is 1.32 bits per heavy atom. The average Bonchev–Trinajstić information content (AvgIpc) is 2.96. The average molecular weight is 258 g/mol. The SMILES string of the molecule is CNc1ccc(C(=O)NCCCn2cccn2)cc1. The maximum Gasteiger partial charge on any atom is 0.251 e. The lowest BCUT2D eigenvalue weighted by Gasteiger charge is -2.06. The third-order valence-electron chi connectivity index (χ3n) is 2.84. The molecule has 0 spiro atoms. The van der Waals surface area contributed by atoms with Gasteiger partial charge in [-0.25, -0.2) is 0 Å². The lowest BCUT2D eigenvalue weighted by atomic mass is 10.2. The van der Waals surface area contributed by atoms with Crippen molar-refractivity contribution in [1.29, 1.82) is 0 Å². The molecule has 100 valence electrons. The molecular weight excluding hydrogens is 240 g/mol. The first-order valence-corrected chi connectivity index (χ1v) is 6.33. The molecule has 1 amide bonds. The zero-order valence-electron chi connectivity index (χ0n) is 11.0. The molecule has 19 heavy (non-hydrogen) atoms. The van der Waals surface area contributed by atoms with Gasteiger partial charge in [0.2, 0.25) is 0 Å². The Kier molecular flexibility index (Phi) is 4.55. The molecule has 5 nitrogen and oxygen atoms in total. The zero-order chi connectivity index (χ0) is 13.5. The van der Waals surface area contributed by atoms with Crippen LogP contribution in [0.2, 0.25) is 0 Å². The molecule has 2 rings (SSSR count). The highest BCUT2D eigenvalue weighted by Crippen LogP contribution is 2.08. The van der Waals surface area contributed by atoms with Gasteiger partial charge in [0.1, 0.15) is 0 Å². The number of aryl methyl sites for hydroxylation is 1. The Hall–Kier alpha value is -2.30. The van der Waals surface area contributed by atoms with Crippen LogP contribution in [0.5, 0.6) is 0 Å². The summed E-state index contributed by atoms with van der Waals surface area (Å²) in [6.45, 7) is 1.46. The van der Waals surface area contributed by atoms with Crippen LogP contribution in [-0.4, -0.2) is 29.3 Å². The van der Waals surface area contributed by atoms with Gasteiger partial charge in [0.25, 0.3) is 5.91 Å². The number of anilines is 1. The fourth-order valence-corrected chi connectivity index (χ4v) is 1.77. The van der Waals surface area contributed by atoms with E-state index in [9.17, 15) is 4.79 Å². The molecule has 0 fully saturated rings. The summed E-state index contributed by atoms with van der Waals surface area (Å²) >= 11 is 0. The molecular formula is C14H18N4O. The Labute approximate surface area is 112 Å². The van der Waals surface area contributed by atoms with Crippen LogP contribution in [0.3, 0.4) is 0 Å². The summed E-state index contributed by atoms with van der Waals surface area (Å²) in [4.78, 5) is 11.9. The largest absolute Gasteiger partial charge is 0.388 e. The van der Waals surface area contributed by atoms with Gasteiger partial charge in [-0.1, -0.05) is 0 Å². The van der Waals surface area contributed by atoms with E-state index in [1.807, 2.05) is 48.3 Å². The molecule has 0 radical (unpaired) electrons. The van der Waals surface area contributed by atoms with Crippen molar-refractivity contribution < 1.29 is 4.79 Å². The number of carbonyl (C=O) groups is 1. The third kappa shape index (κ3) is 3.84. The quantitative estimate of drug-likeness (QED) is 0.776. The summed E-state index contributed by atoms with van der Waals surface area (Å²) < 4.78 is 1.86. The topological polar surface area (TPSA) is 59.0 Å². The highest BCUT2D eigenvalue weighted by atomic mass is 16.1. The van der Waals surface area contributed by atoms with Crippen LogP contribution in [-0.2, 0) is 6.54 Å².